The van der Waals surface area contributed by atoms with Gasteiger partial charge in [-0.25, -0.2) is 0 Å². The summed E-state index contributed by atoms with van der Waals surface area (Å²) in [5.74, 6) is 3.14. The smallest absolute Gasteiger partial charge is 0.0954 e. The molecule has 0 aromatic heterocycles. The Balaban J connectivity index is 4.15. The molecule has 2 unspecified atom stereocenters. The van der Waals surface area contributed by atoms with Crippen molar-refractivity contribution in [1.82, 2.24) is 5.32 Å². The zero-order valence-electron chi connectivity index (χ0n) is 8.42. The van der Waals surface area contributed by atoms with Gasteiger partial charge >= 0.3 is 0 Å². The van der Waals surface area contributed by atoms with Gasteiger partial charge in [0, 0.05) is 7.11 Å². The Kier molecular flexibility index (Phi) is 5.79. The van der Waals surface area contributed by atoms with E-state index in [9.17, 15) is 0 Å². The van der Waals surface area contributed by atoms with E-state index in [1.165, 1.54) is 0 Å². The monoisotopic (exact) mass is 169 g/mol. The molecule has 0 saturated carbocycles. The summed E-state index contributed by atoms with van der Waals surface area (Å²) in [6.45, 7) is 7.13. The predicted octanol–water partition coefficient (Wildman–Crippen LogP) is 1.27. The van der Waals surface area contributed by atoms with Crippen molar-refractivity contribution in [2.75, 3.05) is 13.7 Å². The van der Waals surface area contributed by atoms with Crippen LogP contribution in [-0.4, -0.2) is 25.8 Å². The summed E-state index contributed by atoms with van der Waals surface area (Å²) in [7, 11) is 1.70. The lowest BCUT2D eigenvalue weighted by atomic mass is 10.00. The average Bonchev–Trinajstić information content (AvgIpc) is 2.03. The Morgan fingerprint density at radius 1 is 1.50 bits per heavy atom. The number of nitrogens with one attached hydrogen (secondary N) is 1. The van der Waals surface area contributed by atoms with E-state index >= 15 is 0 Å². The second kappa shape index (κ2) is 6.05. The highest BCUT2D eigenvalue weighted by Gasteiger charge is 2.21. The number of methoxy groups -OCH3 is 1. The molecule has 2 atom stereocenters. The molecule has 0 rings (SSSR count). The van der Waals surface area contributed by atoms with E-state index in [0.717, 1.165) is 6.54 Å². The van der Waals surface area contributed by atoms with Gasteiger partial charge in [0.15, 0.2) is 0 Å². The summed E-state index contributed by atoms with van der Waals surface area (Å²) in [4.78, 5) is 0. The molecule has 0 radical (unpaired) electrons. The van der Waals surface area contributed by atoms with Gasteiger partial charge in [-0.05, 0) is 12.5 Å². The third-order valence-electron chi connectivity index (χ3n) is 1.86. The Morgan fingerprint density at radius 3 is 2.33 bits per heavy atom. The highest BCUT2D eigenvalue weighted by Crippen LogP contribution is 2.09. The lowest BCUT2D eigenvalue weighted by molar-refractivity contribution is 0.0488. The van der Waals surface area contributed by atoms with E-state index in [4.69, 9.17) is 11.2 Å². The molecule has 0 aliphatic rings. The van der Waals surface area contributed by atoms with Crippen LogP contribution in [0.4, 0.5) is 0 Å². The van der Waals surface area contributed by atoms with Crippen molar-refractivity contribution in [2.24, 2.45) is 5.92 Å². The number of hydrogen-bond acceptors (Lipinski definition) is 2. The zero-order chi connectivity index (χ0) is 9.56. The topological polar surface area (TPSA) is 21.3 Å². The molecule has 0 fully saturated rings. The molecule has 1 N–H and O–H groups in total. The van der Waals surface area contributed by atoms with Crippen LogP contribution in [0.5, 0.6) is 0 Å². The maximum absolute atomic E-state index is 5.38. The van der Waals surface area contributed by atoms with Crippen LogP contribution in [0.15, 0.2) is 0 Å². The number of ether oxygens (including phenoxy) is 1. The molecule has 0 saturated heterocycles. The van der Waals surface area contributed by atoms with Gasteiger partial charge in [0.25, 0.3) is 0 Å². The molecular formula is C10H19NO. The van der Waals surface area contributed by atoms with Gasteiger partial charge in [0.05, 0.1) is 12.1 Å². The molecule has 0 bridgehead atoms. The van der Waals surface area contributed by atoms with Crippen molar-refractivity contribution < 1.29 is 4.74 Å². The molecule has 2 heteroatoms. The van der Waals surface area contributed by atoms with Crippen molar-refractivity contribution in [3.63, 3.8) is 0 Å². The summed E-state index contributed by atoms with van der Waals surface area (Å²) in [5, 5.41) is 3.20. The van der Waals surface area contributed by atoms with Gasteiger partial charge in [0.1, 0.15) is 0 Å². The average molecular weight is 169 g/mol. The minimum absolute atomic E-state index is 0.0278. The third-order valence-corrected chi connectivity index (χ3v) is 1.86. The Labute approximate surface area is 75.7 Å². The predicted molar refractivity (Wildman–Crippen MR) is 51.9 cm³/mol. The summed E-state index contributed by atoms with van der Waals surface area (Å²) >= 11 is 0. The molecule has 70 valence electrons. The van der Waals surface area contributed by atoms with Crippen LogP contribution in [0.25, 0.3) is 0 Å². The minimum Gasteiger partial charge on any atom is -0.379 e. The molecule has 0 aliphatic carbocycles. The fourth-order valence-electron chi connectivity index (χ4n) is 1.28. The summed E-state index contributed by atoms with van der Waals surface area (Å²) in [6.07, 6.45) is 5.49. The normalized spacial score (nSPS) is 15.7. The van der Waals surface area contributed by atoms with Crippen LogP contribution < -0.4 is 5.32 Å². The van der Waals surface area contributed by atoms with Gasteiger partial charge in [0.2, 0.25) is 0 Å². The first-order valence-corrected chi connectivity index (χ1v) is 4.39. The third kappa shape index (κ3) is 3.25. The molecule has 0 spiro atoms. The van der Waals surface area contributed by atoms with E-state index in [1.807, 2.05) is 6.92 Å². The van der Waals surface area contributed by atoms with Crippen molar-refractivity contribution in [2.45, 2.75) is 32.9 Å². The van der Waals surface area contributed by atoms with Crippen LogP contribution in [0.1, 0.15) is 20.8 Å². The van der Waals surface area contributed by atoms with Crippen LogP contribution >= 0.6 is 0 Å². The first kappa shape index (κ1) is 11.5. The zero-order valence-corrected chi connectivity index (χ0v) is 8.42. The first-order valence-electron chi connectivity index (χ1n) is 4.39. The van der Waals surface area contributed by atoms with E-state index in [0.29, 0.717) is 5.92 Å². The van der Waals surface area contributed by atoms with Crippen molar-refractivity contribution >= 4 is 0 Å². The Morgan fingerprint density at radius 2 is 2.08 bits per heavy atom. The van der Waals surface area contributed by atoms with Gasteiger partial charge in [-0.1, -0.05) is 26.7 Å². The molecule has 0 aromatic carbocycles. The summed E-state index contributed by atoms with van der Waals surface area (Å²) in [5.41, 5.74) is 0. The number of rotatable bonds is 5. The molecule has 0 aromatic rings. The van der Waals surface area contributed by atoms with E-state index in [-0.39, 0.29) is 12.1 Å². The maximum atomic E-state index is 5.38. The number of likely N-dealkylation sites (N-methyl/N-ethyl adjacent to an activating group) is 1. The van der Waals surface area contributed by atoms with Gasteiger partial charge in [-0.3, -0.25) is 0 Å². The maximum Gasteiger partial charge on any atom is 0.0954 e. The first-order chi connectivity index (χ1) is 5.67. The van der Waals surface area contributed by atoms with Gasteiger partial charge < -0.3 is 10.1 Å². The molecular weight excluding hydrogens is 150 g/mol. The van der Waals surface area contributed by atoms with Crippen LogP contribution in [0.3, 0.4) is 0 Å². The molecule has 2 nitrogen and oxygen atoms in total. The fraction of sp³-hybridized carbons (Fsp3) is 0.800. The summed E-state index contributed by atoms with van der Waals surface area (Å²) in [6, 6.07) is 0.0278. The van der Waals surface area contributed by atoms with Crippen molar-refractivity contribution in [1.29, 1.82) is 0 Å². The SMILES string of the molecule is C#CC(NCC)C(OC)C(C)C. The Bertz CT molecular complexity index is 148. The van der Waals surface area contributed by atoms with E-state index in [1.54, 1.807) is 7.11 Å². The molecule has 12 heavy (non-hydrogen) atoms. The van der Waals surface area contributed by atoms with E-state index in [2.05, 4.69) is 25.1 Å². The lowest BCUT2D eigenvalue weighted by Crippen LogP contribution is -2.42. The highest BCUT2D eigenvalue weighted by molar-refractivity contribution is 5.03. The second-order valence-corrected chi connectivity index (χ2v) is 3.15. The summed E-state index contributed by atoms with van der Waals surface area (Å²) < 4.78 is 5.31. The van der Waals surface area contributed by atoms with Crippen LogP contribution in [0.2, 0.25) is 0 Å². The molecule has 0 aliphatic heterocycles. The second-order valence-electron chi connectivity index (χ2n) is 3.15. The largest absolute Gasteiger partial charge is 0.379 e. The van der Waals surface area contributed by atoms with Crippen molar-refractivity contribution in [3.05, 3.63) is 0 Å². The van der Waals surface area contributed by atoms with Crippen molar-refractivity contribution in [3.8, 4) is 12.3 Å². The number of terminal acetylenes is 1. The molecule has 0 amide bonds. The van der Waals surface area contributed by atoms with Gasteiger partial charge in [-0.2, -0.15) is 0 Å². The van der Waals surface area contributed by atoms with Gasteiger partial charge in [-0.15, -0.1) is 6.42 Å². The highest BCUT2D eigenvalue weighted by atomic mass is 16.5. The molecule has 0 heterocycles. The standard InChI is InChI=1S/C10H19NO/c1-6-9(11-7-2)10(12-5)8(3)4/h1,8-11H,7H2,2-5H3. The lowest BCUT2D eigenvalue weighted by Gasteiger charge is -2.25. The number of hydrogen-bond donors (Lipinski definition) is 1. The Hall–Kier alpha value is -0.520. The van der Waals surface area contributed by atoms with E-state index < -0.39 is 0 Å². The minimum atomic E-state index is 0.0278. The quantitative estimate of drug-likeness (QED) is 0.626. The van der Waals surface area contributed by atoms with Crippen LogP contribution in [0, 0.1) is 18.3 Å². The van der Waals surface area contributed by atoms with Crippen LogP contribution in [-0.2, 0) is 4.74 Å². The fourth-order valence-corrected chi connectivity index (χ4v) is 1.28.